The van der Waals surface area contributed by atoms with E-state index in [1.54, 1.807) is 50.2 Å². The number of allylic oxidation sites excluding steroid dienone is 3. The van der Waals surface area contributed by atoms with Crippen LogP contribution in [0.5, 0.6) is 11.5 Å². The molecular weight excluding hydrogens is 933 g/mol. The number of aromatic hydroxyl groups is 2. The number of ketones is 3. The first-order valence-corrected chi connectivity index (χ1v) is 23.6. The van der Waals surface area contributed by atoms with Crippen LogP contribution in [-0.4, -0.2) is 83.6 Å². The lowest BCUT2D eigenvalue weighted by atomic mass is 9.93. The molecule has 0 bridgehead atoms. The SMILES string of the molecule is Cc1cc(-c2ccc(N/N=C3/C(=O)c4cc(N/N=C5\C=C(S(=O)(=O)O)c6cccc(O)c6C5=O)ccc4C=C3S(=O)(=O)O)c(C)c2)ccc1N/N=C1/C=C(S(=O)(=O)O)c2cccc(O)c2C1=O. The summed E-state index contributed by atoms with van der Waals surface area (Å²) in [7, 11) is -14.7. The zero-order valence-corrected chi connectivity index (χ0v) is 36.8. The lowest BCUT2D eigenvalue weighted by Gasteiger charge is -2.18. The number of fused-ring (bicyclic) bond motifs is 3. The Balaban J connectivity index is 1.02. The average Bonchev–Trinajstić information content (AvgIpc) is 3.25. The second kappa shape index (κ2) is 16.8. The number of nitrogens with one attached hydrogen (secondary N) is 3. The number of anilines is 3. The van der Waals surface area contributed by atoms with E-state index < -0.39 is 90.9 Å². The number of Topliss-reactive ketones (excluding diaryl/α,β-unsaturated/α-hetero) is 3. The minimum atomic E-state index is -5.02. The summed E-state index contributed by atoms with van der Waals surface area (Å²) in [5, 5.41) is 32.8. The van der Waals surface area contributed by atoms with Crippen LogP contribution in [-0.2, 0) is 30.4 Å². The maximum Gasteiger partial charge on any atom is 0.296 e. The highest BCUT2D eigenvalue weighted by Crippen LogP contribution is 2.37. The van der Waals surface area contributed by atoms with E-state index in [9.17, 15) is 63.5 Å². The van der Waals surface area contributed by atoms with Crippen LogP contribution in [0, 0.1) is 13.8 Å². The molecule has 5 aromatic rings. The molecule has 23 heteroatoms. The van der Waals surface area contributed by atoms with Crippen LogP contribution in [0.1, 0.15) is 58.9 Å². The van der Waals surface area contributed by atoms with Crippen molar-refractivity contribution in [3.63, 3.8) is 0 Å². The number of hydrogen-bond acceptors (Lipinski definition) is 17. The Labute approximate surface area is 380 Å². The first kappa shape index (κ1) is 45.6. The summed E-state index contributed by atoms with van der Waals surface area (Å²) in [6.45, 7) is 3.45. The Bertz CT molecular complexity index is 3630. The fourth-order valence-electron chi connectivity index (χ4n) is 7.35. The van der Waals surface area contributed by atoms with Gasteiger partial charge in [0.15, 0.2) is 5.71 Å². The Hall–Kier alpha value is -7.93. The Morgan fingerprint density at radius 2 is 0.940 bits per heavy atom. The third-order valence-electron chi connectivity index (χ3n) is 10.6. The summed E-state index contributed by atoms with van der Waals surface area (Å²) in [6, 6.07) is 21.6. The van der Waals surface area contributed by atoms with Gasteiger partial charge < -0.3 is 10.2 Å². The zero-order chi connectivity index (χ0) is 48.3. The number of nitrogens with zero attached hydrogens (tertiary/aromatic N) is 3. The third-order valence-corrected chi connectivity index (χ3v) is 13.3. The van der Waals surface area contributed by atoms with Gasteiger partial charge in [0, 0.05) is 16.7 Å². The number of hydrogen-bond donors (Lipinski definition) is 8. The van der Waals surface area contributed by atoms with Gasteiger partial charge in [0.25, 0.3) is 30.4 Å². The van der Waals surface area contributed by atoms with Gasteiger partial charge in [-0.15, -0.1) is 0 Å². The van der Waals surface area contributed by atoms with Crippen molar-refractivity contribution >= 4 is 97.8 Å². The molecule has 8 N–H and O–H groups in total. The van der Waals surface area contributed by atoms with Crippen molar-refractivity contribution in [2.24, 2.45) is 15.3 Å². The summed E-state index contributed by atoms with van der Waals surface area (Å²) in [4.78, 5) is 38.1. The molecule has 0 aliphatic heterocycles. The number of phenols is 2. The van der Waals surface area contributed by atoms with E-state index in [4.69, 9.17) is 0 Å². The molecule has 3 aliphatic carbocycles. The van der Waals surface area contributed by atoms with Gasteiger partial charge in [-0.1, -0.05) is 42.5 Å². The van der Waals surface area contributed by atoms with Crippen LogP contribution in [0.2, 0.25) is 0 Å². The van der Waals surface area contributed by atoms with E-state index in [0.29, 0.717) is 33.6 Å². The van der Waals surface area contributed by atoms with E-state index in [0.717, 1.165) is 24.3 Å². The molecule has 67 heavy (non-hydrogen) atoms. The van der Waals surface area contributed by atoms with Gasteiger partial charge in [0.1, 0.15) is 37.6 Å². The minimum Gasteiger partial charge on any atom is -0.507 e. The van der Waals surface area contributed by atoms with Gasteiger partial charge in [0.2, 0.25) is 17.3 Å². The molecule has 0 saturated heterocycles. The van der Waals surface area contributed by atoms with Gasteiger partial charge in [0.05, 0.1) is 28.2 Å². The van der Waals surface area contributed by atoms with Crippen LogP contribution in [0.25, 0.3) is 27.0 Å². The molecule has 0 atom stereocenters. The highest BCUT2D eigenvalue weighted by atomic mass is 32.2. The van der Waals surface area contributed by atoms with Crippen molar-refractivity contribution in [2.75, 3.05) is 16.3 Å². The van der Waals surface area contributed by atoms with Crippen LogP contribution < -0.4 is 16.3 Å². The first-order valence-electron chi connectivity index (χ1n) is 19.2. The van der Waals surface area contributed by atoms with Gasteiger partial charge in [-0.2, -0.15) is 40.6 Å². The number of rotatable bonds is 10. The summed E-state index contributed by atoms with van der Waals surface area (Å²) in [5.74, 6) is -3.66. The quantitative estimate of drug-likeness (QED) is 0.0582. The number of carbonyl (C=O) groups is 3. The maximum absolute atomic E-state index is 13.9. The average molecular weight is 965 g/mol. The molecule has 0 heterocycles. The van der Waals surface area contributed by atoms with Crippen LogP contribution >= 0.6 is 0 Å². The molecule has 20 nitrogen and oxygen atoms in total. The Morgan fingerprint density at radius 3 is 1.40 bits per heavy atom. The Kier molecular flexibility index (Phi) is 11.4. The fraction of sp³-hybridized carbons (Fsp3) is 0.0455. The van der Waals surface area contributed by atoms with Crippen LogP contribution in [0.4, 0.5) is 17.1 Å². The second-order valence-electron chi connectivity index (χ2n) is 15.0. The number of benzene rings is 5. The lowest BCUT2D eigenvalue weighted by molar-refractivity contribution is 0.105. The summed E-state index contributed by atoms with van der Waals surface area (Å²) in [6.07, 6.45) is 2.73. The third kappa shape index (κ3) is 8.80. The molecule has 0 amide bonds. The molecular formula is C44H32N6O14S3. The molecule has 3 aliphatic rings. The highest BCUT2D eigenvalue weighted by molar-refractivity contribution is 7.95. The van der Waals surface area contributed by atoms with Crippen LogP contribution in [0.3, 0.4) is 0 Å². The van der Waals surface area contributed by atoms with E-state index in [-0.39, 0.29) is 39.2 Å². The number of aryl methyl sites for hydroxylation is 2. The number of carbonyl (C=O) groups excluding carboxylic acids is 3. The predicted molar refractivity (Wildman–Crippen MR) is 249 cm³/mol. The molecule has 5 aromatic carbocycles. The van der Waals surface area contributed by atoms with Crippen molar-refractivity contribution in [1.29, 1.82) is 0 Å². The fourth-order valence-corrected chi connectivity index (χ4v) is 9.43. The summed E-state index contributed by atoms with van der Waals surface area (Å²) < 4.78 is 103. The normalized spacial score (nSPS) is 16.8. The first-order chi connectivity index (χ1) is 31.5. The van der Waals surface area contributed by atoms with E-state index in [1.165, 1.54) is 48.5 Å². The van der Waals surface area contributed by atoms with Gasteiger partial charge >= 0.3 is 0 Å². The van der Waals surface area contributed by atoms with Crippen molar-refractivity contribution in [3.8, 4) is 22.6 Å². The molecule has 0 spiro atoms. The standard InChI is InChI=1S/C44H32N6O14S3/c1-21-15-23(10-13-30(21)46-49-33-20-37(66(59,60)61)28-6-4-8-35(52)40(28)44(33)55)24-11-14-31(22(2)16-24)47-50-41-38(67(62,63)64)17-25-9-12-26(18-29(25)42(41)53)45-48-32-19-36(65(56,57)58)27-5-3-7-34(51)39(27)43(32)54/h3-20,45-47,51-52H,1-2H3,(H,56,57,58)(H,59,60,61)(H,62,63,64)/b48-32+,49-33-,50-41+. The summed E-state index contributed by atoms with van der Waals surface area (Å²) in [5.41, 5.74) is 8.62. The van der Waals surface area contributed by atoms with Gasteiger partial charge in [-0.05, 0) is 108 Å². The van der Waals surface area contributed by atoms with Crippen molar-refractivity contribution in [2.45, 2.75) is 13.8 Å². The van der Waals surface area contributed by atoms with Gasteiger partial charge in [-0.25, -0.2) is 0 Å². The van der Waals surface area contributed by atoms with E-state index in [1.807, 2.05) is 0 Å². The van der Waals surface area contributed by atoms with Gasteiger partial charge in [-0.3, -0.25) is 44.3 Å². The molecule has 0 saturated carbocycles. The second-order valence-corrected chi connectivity index (χ2v) is 19.2. The van der Waals surface area contributed by atoms with Crippen molar-refractivity contribution < 1.29 is 63.5 Å². The molecule has 0 fully saturated rings. The minimum absolute atomic E-state index is 0.0603. The van der Waals surface area contributed by atoms with Crippen molar-refractivity contribution in [1.82, 2.24) is 0 Å². The predicted octanol–water partition coefficient (Wildman–Crippen LogP) is 6.06. The molecule has 0 unspecified atom stereocenters. The lowest BCUT2D eigenvalue weighted by Crippen LogP contribution is -2.27. The maximum atomic E-state index is 13.9. The van der Waals surface area contributed by atoms with Crippen molar-refractivity contribution in [3.05, 3.63) is 153 Å². The smallest absolute Gasteiger partial charge is 0.296 e. The number of hydrazone groups is 3. The summed E-state index contributed by atoms with van der Waals surface area (Å²) >= 11 is 0. The van der Waals surface area contributed by atoms with Crippen LogP contribution in [0.15, 0.2) is 123 Å². The zero-order valence-electron chi connectivity index (χ0n) is 34.4. The topological polar surface area (TPSA) is 328 Å². The van der Waals surface area contributed by atoms with E-state index >= 15 is 0 Å². The molecule has 0 radical (unpaired) electrons. The Morgan fingerprint density at radius 1 is 0.478 bits per heavy atom. The van der Waals surface area contributed by atoms with E-state index in [2.05, 4.69) is 31.6 Å². The number of phenolic OH excluding ortho intramolecular Hbond substituents is 2. The molecule has 340 valence electrons. The highest BCUT2D eigenvalue weighted by Gasteiger charge is 2.35. The largest absolute Gasteiger partial charge is 0.507 e. The molecule has 0 aromatic heterocycles. The monoisotopic (exact) mass is 964 g/mol. The molecule has 8 rings (SSSR count).